The van der Waals surface area contributed by atoms with E-state index in [1.165, 1.54) is 4.90 Å². The number of hydrogen-bond acceptors (Lipinski definition) is 4. The van der Waals surface area contributed by atoms with Crippen LogP contribution in [0.4, 0.5) is 5.69 Å². The van der Waals surface area contributed by atoms with Crippen LogP contribution in [0.3, 0.4) is 0 Å². The molecule has 2 amide bonds. The molecule has 0 spiro atoms. The average Bonchev–Trinajstić information content (AvgIpc) is 2.73. The summed E-state index contributed by atoms with van der Waals surface area (Å²) < 4.78 is 27.1. The summed E-state index contributed by atoms with van der Waals surface area (Å²) in [4.78, 5) is 27.6. The Hall–Kier alpha value is -2.14. The Balaban J connectivity index is 2.40. The largest absolute Gasteiger partial charge is 0.355 e. The summed E-state index contributed by atoms with van der Waals surface area (Å²) in [6.45, 7) is 5.89. The fourth-order valence-electron chi connectivity index (χ4n) is 3.32. The normalized spacial score (nSPS) is 12.2. The molecular weight excluding hydrogens is 541 g/mol. The number of anilines is 1. The monoisotopic (exact) mass is 571 g/mol. The molecule has 1 unspecified atom stereocenters. The first-order valence-corrected chi connectivity index (χ1v) is 13.4. The number of nitrogens with zero attached hydrogens (tertiary/aromatic N) is 2. The summed E-state index contributed by atoms with van der Waals surface area (Å²) in [6, 6.07) is 13.9. The Labute approximate surface area is 204 Å². The van der Waals surface area contributed by atoms with E-state index in [2.05, 4.69) is 27.9 Å². The second kappa shape index (κ2) is 11.6. The number of rotatable bonds is 10. The summed E-state index contributed by atoms with van der Waals surface area (Å²) in [5.41, 5.74) is 2.36. The van der Waals surface area contributed by atoms with Crippen LogP contribution in [-0.2, 0) is 26.2 Å². The molecule has 0 heterocycles. The highest BCUT2D eigenvalue weighted by molar-refractivity contribution is 14.1. The first-order valence-electron chi connectivity index (χ1n) is 10.4. The highest BCUT2D eigenvalue weighted by Crippen LogP contribution is 2.21. The molecule has 174 valence electrons. The number of hydrogen-bond donors (Lipinski definition) is 1. The molecule has 1 N–H and O–H groups in total. The molecule has 7 nitrogen and oxygen atoms in total. The lowest BCUT2D eigenvalue weighted by Gasteiger charge is -2.32. The molecule has 2 aromatic rings. The first-order chi connectivity index (χ1) is 15.1. The SMILES string of the molecule is CCNC(=O)C(CC)N(Cc1ccc(C)cc1)C(=O)CN(c1ccc(I)cc1)S(C)(=O)=O. The number of sulfonamides is 1. The van der Waals surface area contributed by atoms with Crippen molar-refractivity contribution in [3.8, 4) is 0 Å². The van der Waals surface area contributed by atoms with Crippen molar-refractivity contribution < 1.29 is 18.0 Å². The zero-order valence-electron chi connectivity index (χ0n) is 18.8. The Morgan fingerprint density at radius 2 is 1.62 bits per heavy atom. The predicted octanol–water partition coefficient (Wildman–Crippen LogP) is 3.31. The number of amides is 2. The van der Waals surface area contributed by atoms with Gasteiger partial charge in [-0.25, -0.2) is 8.42 Å². The van der Waals surface area contributed by atoms with E-state index in [0.29, 0.717) is 18.7 Å². The number of carbonyl (C=O) groups is 2. The maximum absolute atomic E-state index is 13.5. The van der Waals surface area contributed by atoms with Gasteiger partial charge in [0.2, 0.25) is 21.8 Å². The Morgan fingerprint density at radius 3 is 2.12 bits per heavy atom. The molecule has 2 aromatic carbocycles. The summed E-state index contributed by atoms with van der Waals surface area (Å²) in [5.74, 6) is -0.691. The number of carbonyl (C=O) groups excluding carboxylic acids is 2. The number of likely N-dealkylation sites (N-methyl/N-ethyl adjacent to an activating group) is 1. The topological polar surface area (TPSA) is 86.8 Å². The zero-order valence-corrected chi connectivity index (χ0v) is 21.8. The van der Waals surface area contributed by atoms with Gasteiger partial charge in [-0.3, -0.25) is 13.9 Å². The number of halogens is 1. The minimum atomic E-state index is -3.72. The van der Waals surface area contributed by atoms with Crippen LogP contribution in [0.15, 0.2) is 48.5 Å². The van der Waals surface area contributed by atoms with E-state index >= 15 is 0 Å². The van der Waals surface area contributed by atoms with Crippen molar-refractivity contribution in [2.24, 2.45) is 0 Å². The molecule has 1 atom stereocenters. The maximum atomic E-state index is 13.5. The lowest BCUT2D eigenvalue weighted by molar-refractivity contribution is -0.140. The van der Waals surface area contributed by atoms with E-state index in [9.17, 15) is 18.0 Å². The second-order valence-corrected chi connectivity index (χ2v) is 10.7. The van der Waals surface area contributed by atoms with E-state index < -0.39 is 22.0 Å². The van der Waals surface area contributed by atoms with Crippen molar-refractivity contribution in [3.05, 3.63) is 63.2 Å². The highest BCUT2D eigenvalue weighted by Gasteiger charge is 2.31. The fraction of sp³-hybridized carbons (Fsp3) is 0.391. The summed E-state index contributed by atoms with van der Waals surface area (Å²) in [5, 5.41) is 2.78. The Kier molecular flexibility index (Phi) is 9.50. The minimum absolute atomic E-state index is 0.207. The molecule has 0 aliphatic carbocycles. The number of nitrogens with one attached hydrogen (secondary N) is 1. The highest BCUT2D eigenvalue weighted by atomic mass is 127. The van der Waals surface area contributed by atoms with Gasteiger partial charge >= 0.3 is 0 Å². The van der Waals surface area contributed by atoms with Gasteiger partial charge in [0.15, 0.2) is 0 Å². The van der Waals surface area contributed by atoms with Gasteiger partial charge in [0, 0.05) is 16.7 Å². The number of benzene rings is 2. The predicted molar refractivity (Wildman–Crippen MR) is 136 cm³/mol. The van der Waals surface area contributed by atoms with Crippen molar-refractivity contribution in [3.63, 3.8) is 0 Å². The molecule has 9 heteroatoms. The fourth-order valence-corrected chi connectivity index (χ4v) is 4.53. The summed E-state index contributed by atoms with van der Waals surface area (Å²) in [7, 11) is -3.72. The van der Waals surface area contributed by atoms with E-state index in [-0.39, 0.29) is 19.0 Å². The molecule has 0 saturated heterocycles. The van der Waals surface area contributed by atoms with Crippen LogP contribution >= 0.6 is 22.6 Å². The van der Waals surface area contributed by atoms with Crippen LogP contribution < -0.4 is 9.62 Å². The summed E-state index contributed by atoms with van der Waals surface area (Å²) in [6.07, 6.45) is 1.48. The minimum Gasteiger partial charge on any atom is -0.355 e. The van der Waals surface area contributed by atoms with Gasteiger partial charge in [-0.1, -0.05) is 36.8 Å². The first kappa shape index (κ1) is 26.1. The van der Waals surface area contributed by atoms with Crippen LogP contribution in [0.1, 0.15) is 31.4 Å². The third-order valence-corrected chi connectivity index (χ3v) is 6.86. The Morgan fingerprint density at radius 1 is 1.03 bits per heavy atom. The van der Waals surface area contributed by atoms with Crippen molar-refractivity contribution in [1.82, 2.24) is 10.2 Å². The van der Waals surface area contributed by atoms with Crippen molar-refractivity contribution in [2.75, 3.05) is 23.7 Å². The van der Waals surface area contributed by atoms with Gasteiger partial charge in [0.1, 0.15) is 12.6 Å². The average molecular weight is 571 g/mol. The molecule has 32 heavy (non-hydrogen) atoms. The Bertz CT molecular complexity index is 1020. The van der Waals surface area contributed by atoms with Gasteiger partial charge in [0.05, 0.1) is 11.9 Å². The van der Waals surface area contributed by atoms with Crippen molar-refractivity contribution in [1.29, 1.82) is 0 Å². The lowest BCUT2D eigenvalue weighted by Crippen LogP contribution is -2.52. The molecule has 0 aliphatic rings. The molecule has 0 saturated carbocycles. The third kappa shape index (κ3) is 7.19. The van der Waals surface area contributed by atoms with Crippen molar-refractivity contribution >= 4 is 50.1 Å². The van der Waals surface area contributed by atoms with Gasteiger partial charge in [-0.15, -0.1) is 0 Å². The molecule has 0 aromatic heterocycles. The van der Waals surface area contributed by atoms with E-state index in [1.54, 1.807) is 24.3 Å². The zero-order chi connectivity index (χ0) is 23.9. The van der Waals surface area contributed by atoms with E-state index in [4.69, 9.17) is 0 Å². The molecule has 0 bridgehead atoms. The smallest absolute Gasteiger partial charge is 0.244 e. The van der Waals surface area contributed by atoms with Gasteiger partial charge < -0.3 is 10.2 Å². The number of aryl methyl sites for hydroxylation is 1. The van der Waals surface area contributed by atoms with Crippen LogP contribution in [-0.4, -0.2) is 50.5 Å². The molecule has 0 radical (unpaired) electrons. The van der Waals surface area contributed by atoms with E-state index in [0.717, 1.165) is 25.3 Å². The second-order valence-electron chi connectivity index (χ2n) is 7.57. The van der Waals surface area contributed by atoms with Crippen LogP contribution in [0.2, 0.25) is 0 Å². The lowest BCUT2D eigenvalue weighted by atomic mass is 10.1. The quantitative estimate of drug-likeness (QED) is 0.444. The van der Waals surface area contributed by atoms with Gasteiger partial charge in [-0.05, 0) is 72.7 Å². The van der Waals surface area contributed by atoms with Crippen LogP contribution in [0.25, 0.3) is 0 Å². The molecule has 0 fully saturated rings. The standard InChI is InChI=1S/C23H30IN3O4S/c1-5-21(23(29)25-6-2)26(15-18-9-7-17(3)8-10-18)22(28)16-27(32(4,30)31)20-13-11-19(24)12-14-20/h7-14,21H,5-6,15-16H2,1-4H3,(H,25,29). The van der Waals surface area contributed by atoms with Crippen molar-refractivity contribution in [2.45, 2.75) is 39.8 Å². The van der Waals surface area contributed by atoms with Gasteiger partial charge in [0.25, 0.3) is 0 Å². The van der Waals surface area contributed by atoms with Crippen LogP contribution in [0, 0.1) is 10.5 Å². The maximum Gasteiger partial charge on any atom is 0.244 e. The van der Waals surface area contributed by atoms with Gasteiger partial charge in [-0.2, -0.15) is 0 Å². The molecular formula is C23H30IN3O4S. The molecule has 2 rings (SSSR count). The summed E-state index contributed by atoms with van der Waals surface area (Å²) >= 11 is 2.13. The van der Waals surface area contributed by atoms with E-state index in [1.807, 2.05) is 45.0 Å². The third-order valence-electron chi connectivity index (χ3n) is 5.00. The molecule has 0 aliphatic heterocycles. The van der Waals surface area contributed by atoms with Crippen LogP contribution in [0.5, 0.6) is 0 Å².